The highest BCUT2D eigenvalue weighted by molar-refractivity contribution is 8.00. The van der Waals surface area contributed by atoms with E-state index in [1.54, 1.807) is 50.6 Å². The summed E-state index contributed by atoms with van der Waals surface area (Å²) in [5.41, 5.74) is 0.666. The number of carbonyl (C=O) groups is 1. The first-order valence-electron chi connectivity index (χ1n) is 9.30. The quantitative estimate of drug-likeness (QED) is 0.464. The van der Waals surface area contributed by atoms with E-state index in [2.05, 4.69) is 15.5 Å². The molecule has 2 aromatic heterocycles. The molecule has 2 heterocycles. The van der Waals surface area contributed by atoms with Crippen LogP contribution in [0.5, 0.6) is 5.75 Å². The van der Waals surface area contributed by atoms with Crippen LogP contribution in [-0.4, -0.2) is 37.4 Å². The van der Waals surface area contributed by atoms with Crippen molar-refractivity contribution in [2.45, 2.75) is 17.3 Å². The van der Waals surface area contributed by atoms with E-state index < -0.39 is 16.6 Å². The van der Waals surface area contributed by atoms with Crippen molar-refractivity contribution >= 4 is 29.0 Å². The summed E-state index contributed by atoms with van der Waals surface area (Å²) in [6.45, 7) is 1.73. The van der Waals surface area contributed by atoms with Crippen LogP contribution in [0.15, 0.2) is 70.9 Å². The number of fused-ring (bicyclic) bond motifs is 1. The topological polar surface area (TPSA) is 90.5 Å². The molecule has 0 saturated heterocycles. The summed E-state index contributed by atoms with van der Waals surface area (Å²) in [5, 5.41) is 10.7. The van der Waals surface area contributed by atoms with Crippen LogP contribution in [0.2, 0.25) is 0 Å². The first-order valence-corrected chi connectivity index (χ1v) is 10.2. The van der Waals surface area contributed by atoms with Crippen molar-refractivity contribution in [2.75, 3.05) is 12.4 Å². The second kappa shape index (κ2) is 8.60. The largest absolute Gasteiger partial charge is 0.497 e. The summed E-state index contributed by atoms with van der Waals surface area (Å²) in [5.74, 6) is 0.0259. The minimum atomic E-state index is -0.500. The van der Waals surface area contributed by atoms with Gasteiger partial charge in [-0.1, -0.05) is 17.8 Å². The van der Waals surface area contributed by atoms with Crippen LogP contribution in [0.1, 0.15) is 6.92 Å². The van der Waals surface area contributed by atoms with E-state index in [1.807, 2.05) is 0 Å². The van der Waals surface area contributed by atoms with Crippen LogP contribution in [0.3, 0.4) is 0 Å². The monoisotopic (exact) mass is 439 g/mol. The molecule has 0 fully saturated rings. The number of carbonyl (C=O) groups excluding carboxylic acids is 1. The zero-order valence-corrected chi connectivity index (χ0v) is 17.5. The fourth-order valence-corrected chi connectivity index (χ4v) is 3.74. The number of anilines is 1. The number of aromatic nitrogens is 4. The molecule has 10 heteroatoms. The third-order valence-electron chi connectivity index (χ3n) is 4.53. The van der Waals surface area contributed by atoms with Gasteiger partial charge in [-0.15, -0.1) is 10.2 Å². The Kier molecular flexibility index (Phi) is 5.72. The highest BCUT2D eigenvalue weighted by Crippen LogP contribution is 2.23. The average molecular weight is 439 g/mol. The molecule has 4 rings (SSSR count). The number of ether oxygens (including phenoxy) is 1. The lowest BCUT2D eigenvalue weighted by Crippen LogP contribution is -2.23. The van der Waals surface area contributed by atoms with Crippen LogP contribution < -0.4 is 15.6 Å². The molecule has 1 amide bonds. The van der Waals surface area contributed by atoms with Crippen LogP contribution in [0, 0.1) is 5.82 Å². The maximum Gasteiger partial charge on any atom is 0.300 e. The molecule has 158 valence electrons. The van der Waals surface area contributed by atoms with Crippen molar-refractivity contribution in [3.63, 3.8) is 0 Å². The van der Waals surface area contributed by atoms with E-state index >= 15 is 0 Å². The predicted octanol–water partition coefficient (Wildman–Crippen LogP) is 3.15. The fraction of sp³-hybridized carbons (Fsp3) is 0.143. The van der Waals surface area contributed by atoms with E-state index in [4.69, 9.17) is 4.74 Å². The molecule has 4 aromatic rings. The van der Waals surface area contributed by atoms with Crippen LogP contribution in [0.25, 0.3) is 11.3 Å². The van der Waals surface area contributed by atoms with E-state index in [9.17, 15) is 14.0 Å². The molecular weight excluding hydrogens is 421 g/mol. The normalized spacial score (nSPS) is 12.0. The Balaban J connectivity index is 1.53. The Bertz CT molecular complexity index is 1300. The number of nitrogens with zero attached hydrogens (tertiary/aromatic N) is 4. The maximum absolute atomic E-state index is 13.5. The molecule has 1 N–H and O–H groups in total. The molecule has 0 aliphatic carbocycles. The van der Waals surface area contributed by atoms with Crippen LogP contribution >= 0.6 is 11.8 Å². The van der Waals surface area contributed by atoms with Gasteiger partial charge in [-0.2, -0.15) is 0 Å². The van der Waals surface area contributed by atoms with Gasteiger partial charge < -0.3 is 10.1 Å². The van der Waals surface area contributed by atoms with Crippen molar-refractivity contribution in [3.05, 3.63) is 77.1 Å². The van der Waals surface area contributed by atoms with Crippen LogP contribution in [0.4, 0.5) is 10.1 Å². The zero-order valence-electron chi connectivity index (χ0n) is 16.7. The molecule has 0 radical (unpaired) electrons. The van der Waals surface area contributed by atoms with Gasteiger partial charge in [0.2, 0.25) is 11.6 Å². The van der Waals surface area contributed by atoms with Gasteiger partial charge in [-0.3, -0.25) is 18.6 Å². The molecule has 8 nitrogen and oxygen atoms in total. The number of hydrogen-bond donors (Lipinski definition) is 1. The summed E-state index contributed by atoms with van der Waals surface area (Å²) >= 11 is 1.17. The molecule has 0 saturated carbocycles. The molecule has 0 aliphatic heterocycles. The number of thioether (sulfide) groups is 1. The maximum atomic E-state index is 13.5. The number of rotatable bonds is 6. The van der Waals surface area contributed by atoms with Gasteiger partial charge in [-0.05, 0) is 49.4 Å². The number of methoxy groups -OCH3 is 1. The number of nitrogens with one attached hydrogen (secondary N) is 1. The lowest BCUT2D eigenvalue weighted by atomic mass is 10.3. The molecule has 0 unspecified atom stereocenters. The Labute approximate surface area is 180 Å². The van der Waals surface area contributed by atoms with Gasteiger partial charge in [0.05, 0.1) is 18.0 Å². The van der Waals surface area contributed by atoms with Gasteiger partial charge >= 0.3 is 5.56 Å². The molecule has 0 bridgehead atoms. The van der Waals surface area contributed by atoms with Crippen molar-refractivity contribution in [2.24, 2.45) is 0 Å². The van der Waals surface area contributed by atoms with E-state index in [0.29, 0.717) is 22.3 Å². The van der Waals surface area contributed by atoms with E-state index in [-0.39, 0.29) is 11.6 Å². The summed E-state index contributed by atoms with van der Waals surface area (Å²) < 4.78 is 21.4. The second-order valence-corrected chi connectivity index (χ2v) is 7.92. The Morgan fingerprint density at radius 1 is 1.16 bits per heavy atom. The first-order chi connectivity index (χ1) is 15.0. The second-order valence-electron chi connectivity index (χ2n) is 6.61. The zero-order chi connectivity index (χ0) is 22.0. The fourth-order valence-electron chi connectivity index (χ4n) is 2.91. The average Bonchev–Trinajstić information content (AvgIpc) is 3.18. The minimum Gasteiger partial charge on any atom is -0.497 e. The summed E-state index contributed by atoms with van der Waals surface area (Å²) in [7, 11) is 1.57. The van der Waals surface area contributed by atoms with Crippen molar-refractivity contribution in [1.29, 1.82) is 0 Å². The highest BCUT2D eigenvalue weighted by Gasteiger charge is 2.19. The van der Waals surface area contributed by atoms with Gasteiger partial charge in [0.1, 0.15) is 11.6 Å². The Morgan fingerprint density at radius 2 is 1.94 bits per heavy atom. The molecular formula is C21H18FN5O3S. The van der Waals surface area contributed by atoms with Crippen molar-refractivity contribution < 1.29 is 13.9 Å². The summed E-state index contributed by atoms with van der Waals surface area (Å²) in [4.78, 5) is 25.3. The van der Waals surface area contributed by atoms with Crippen molar-refractivity contribution in [1.82, 2.24) is 19.2 Å². The molecule has 0 aliphatic rings. The predicted molar refractivity (Wildman–Crippen MR) is 115 cm³/mol. The summed E-state index contributed by atoms with van der Waals surface area (Å²) in [6, 6.07) is 12.7. The standard InChI is InChI=1S/C21H18FN5O3S/c1-13(19(28)23-15-6-8-17(30-2)9-7-15)31-21-25-24-18-20(29)26(10-11-27(18)21)16-5-3-4-14(22)12-16/h3-13H,1-2H3,(H,23,28)/t13-/m1/s1. The minimum absolute atomic E-state index is 0.0806. The third kappa shape index (κ3) is 4.29. The first kappa shape index (κ1) is 20.6. The van der Waals surface area contributed by atoms with E-state index in [0.717, 1.165) is 0 Å². The molecule has 31 heavy (non-hydrogen) atoms. The number of hydrogen-bond acceptors (Lipinski definition) is 6. The number of benzene rings is 2. The Hall–Kier alpha value is -3.66. The van der Waals surface area contributed by atoms with Gasteiger partial charge in [0, 0.05) is 18.1 Å². The lowest BCUT2D eigenvalue weighted by Gasteiger charge is -2.11. The smallest absolute Gasteiger partial charge is 0.300 e. The SMILES string of the molecule is COc1ccc(NC(=O)[C@@H](C)Sc2nnc3c(=O)n(-c4cccc(F)c4)ccn23)cc1. The third-order valence-corrected chi connectivity index (χ3v) is 5.59. The number of halogens is 1. The molecule has 2 aromatic carbocycles. The van der Waals surface area contributed by atoms with Gasteiger partial charge in [0.25, 0.3) is 0 Å². The molecule has 1 atom stereocenters. The van der Waals surface area contributed by atoms with Crippen LogP contribution in [-0.2, 0) is 4.79 Å². The Morgan fingerprint density at radius 3 is 2.65 bits per heavy atom. The number of amides is 1. The molecule has 0 spiro atoms. The van der Waals surface area contributed by atoms with Gasteiger partial charge in [-0.25, -0.2) is 4.39 Å². The highest BCUT2D eigenvalue weighted by atomic mass is 32.2. The summed E-state index contributed by atoms with van der Waals surface area (Å²) in [6.07, 6.45) is 3.12. The van der Waals surface area contributed by atoms with Gasteiger partial charge in [0.15, 0.2) is 5.16 Å². The van der Waals surface area contributed by atoms with Crippen molar-refractivity contribution in [3.8, 4) is 11.4 Å². The van der Waals surface area contributed by atoms with E-state index in [1.165, 1.54) is 45.1 Å². The lowest BCUT2D eigenvalue weighted by molar-refractivity contribution is -0.115.